The van der Waals surface area contributed by atoms with Gasteiger partial charge in [0.1, 0.15) is 0 Å². The van der Waals surface area contributed by atoms with E-state index in [9.17, 15) is 0 Å². The second-order valence-corrected chi connectivity index (χ2v) is 5.51. The van der Waals surface area contributed by atoms with Gasteiger partial charge in [-0.25, -0.2) is 0 Å². The summed E-state index contributed by atoms with van der Waals surface area (Å²) >= 11 is 0. The van der Waals surface area contributed by atoms with E-state index in [1.165, 1.54) is 70.8 Å². The van der Waals surface area contributed by atoms with Crippen LogP contribution in [0.25, 0.3) is 0 Å². The van der Waals surface area contributed by atoms with Crippen molar-refractivity contribution in [1.29, 1.82) is 0 Å². The Morgan fingerprint density at radius 3 is 2.20 bits per heavy atom. The summed E-state index contributed by atoms with van der Waals surface area (Å²) in [6.07, 6.45) is 14.8. The normalized spacial score (nSPS) is 18.6. The molecule has 0 amide bonds. The highest BCUT2D eigenvalue weighted by molar-refractivity contribution is 4.65. The van der Waals surface area contributed by atoms with Crippen molar-refractivity contribution in [1.82, 2.24) is 4.90 Å². The molecule has 0 N–H and O–H groups in total. The smallest absolute Gasteiger partial charge is 0.00248 e. The average molecular weight is 211 g/mol. The zero-order chi connectivity index (χ0) is 10.9. The highest BCUT2D eigenvalue weighted by atomic mass is 15.0. The Morgan fingerprint density at radius 2 is 1.53 bits per heavy atom. The number of hydrogen-bond acceptors (Lipinski definition) is 1. The minimum Gasteiger partial charge on any atom is -0.309 e. The largest absolute Gasteiger partial charge is 0.309 e. The summed E-state index contributed by atoms with van der Waals surface area (Å²) in [6, 6.07) is 0. The molecule has 15 heavy (non-hydrogen) atoms. The third-order valence-corrected chi connectivity index (χ3v) is 3.69. The van der Waals surface area contributed by atoms with E-state index in [0.29, 0.717) is 0 Å². The molecule has 1 fully saturated rings. The van der Waals surface area contributed by atoms with E-state index in [-0.39, 0.29) is 0 Å². The predicted octanol–water partition coefficient (Wildman–Crippen LogP) is 4.08. The molecule has 0 unspecified atom stereocenters. The first-order valence-electron chi connectivity index (χ1n) is 6.94. The first-order valence-corrected chi connectivity index (χ1v) is 6.94. The van der Waals surface area contributed by atoms with Gasteiger partial charge in [-0.15, -0.1) is 0 Å². The van der Waals surface area contributed by atoms with Crippen molar-refractivity contribution < 1.29 is 0 Å². The van der Waals surface area contributed by atoms with E-state index < -0.39 is 0 Å². The van der Waals surface area contributed by atoms with Crippen LogP contribution in [0.1, 0.15) is 64.2 Å². The number of nitrogens with zero attached hydrogens (tertiary/aromatic N) is 1. The fourth-order valence-corrected chi connectivity index (χ4v) is 2.69. The Bertz CT molecular complexity index is 136. The molecule has 0 saturated heterocycles. The standard InChI is InChI=1S/C14H29N/c1-15(2)13-9-4-3-6-10-14-11-7-5-8-12-14/h14H,3-13H2,1-2H3. The van der Waals surface area contributed by atoms with Crippen molar-refractivity contribution in [2.45, 2.75) is 64.2 Å². The van der Waals surface area contributed by atoms with Gasteiger partial charge in [-0.1, -0.05) is 57.8 Å². The molecule has 90 valence electrons. The van der Waals surface area contributed by atoms with Crippen molar-refractivity contribution in [2.75, 3.05) is 20.6 Å². The summed E-state index contributed by atoms with van der Waals surface area (Å²) in [5.41, 5.74) is 0. The highest BCUT2D eigenvalue weighted by Crippen LogP contribution is 2.27. The molecule has 1 rings (SSSR count). The van der Waals surface area contributed by atoms with Gasteiger partial charge in [-0.3, -0.25) is 0 Å². The van der Waals surface area contributed by atoms with E-state index in [1.807, 2.05) is 0 Å². The Labute approximate surface area is 96.2 Å². The maximum Gasteiger partial charge on any atom is -0.00248 e. The van der Waals surface area contributed by atoms with Crippen molar-refractivity contribution in [3.8, 4) is 0 Å². The van der Waals surface area contributed by atoms with Crippen LogP contribution in [-0.4, -0.2) is 25.5 Å². The zero-order valence-corrected chi connectivity index (χ0v) is 10.8. The van der Waals surface area contributed by atoms with Crippen LogP contribution < -0.4 is 0 Å². The molecule has 1 nitrogen and oxygen atoms in total. The highest BCUT2D eigenvalue weighted by Gasteiger charge is 2.12. The molecular weight excluding hydrogens is 182 g/mol. The second-order valence-electron chi connectivity index (χ2n) is 5.51. The van der Waals surface area contributed by atoms with Crippen molar-refractivity contribution in [3.63, 3.8) is 0 Å². The number of unbranched alkanes of at least 4 members (excludes halogenated alkanes) is 3. The number of hydrogen-bond donors (Lipinski definition) is 0. The monoisotopic (exact) mass is 211 g/mol. The molecule has 1 heteroatoms. The molecule has 0 atom stereocenters. The van der Waals surface area contributed by atoms with Gasteiger partial charge in [0, 0.05) is 0 Å². The maximum absolute atomic E-state index is 2.29. The van der Waals surface area contributed by atoms with Crippen LogP contribution in [0.15, 0.2) is 0 Å². The van der Waals surface area contributed by atoms with Gasteiger partial charge in [-0.05, 0) is 33.0 Å². The van der Waals surface area contributed by atoms with E-state index in [4.69, 9.17) is 0 Å². The fraction of sp³-hybridized carbons (Fsp3) is 1.00. The molecule has 0 bridgehead atoms. The van der Waals surface area contributed by atoms with Gasteiger partial charge in [0.15, 0.2) is 0 Å². The van der Waals surface area contributed by atoms with Crippen molar-refractivity contribution in [2.24, 2.45) is 5.92 Å². The SMILES string of the molecule is CN(C)CCCCCCC1CCCCC1. The lowest BCUT2D eigenvalue weighted by Crippen LogP contribution is -2.12. The minimum absolute atomic E-state index is 1.09. The summed E-state index contributed by atoms with van der Waals surface area (Å²) < 4.78 is 0. The molecule has 1 aliphatic carbocycles. The Hall–Kier alpha value is -0.0400. The van der Waals surface area contributed by atoms with Gasteiger partial charge in [0.05, 0.1) is 0 Å². The van der Waals surface area contributed by atoms with Gasteiger partial charge >= 0.3 is 0 Å². The summed E-state index contributed by atoms with van der Waals surface area (Å²) in [4.78, 5) is 2.29. The fourth-order valence-electron chi connectivity index (χ4n) is 2.69. The molecular formula is C14H29N. The van der Waals surface area contributed by atoms with Crippen LogP contribution in [0.2, 0.25) is 0 Å². The Kier molecular flexibility index (Phi) is 7.08. The maximum atomic E-state index is 2.29. The quantitative estimate of drug-likeness (QED) is 0.574. The zero-order valence-electron chi connectivity index (χ0n) is 10.8. The van der Waals surface area contributed by atoms with E-state index >= 15 is 0 Å². The van der Waals surface area contributed by atoms with Gasteiger partial charge in [-0.2, -0.15) is 0 Å². The van der Waals surface area contributed by atoms with E-state index in [1.54, 1.807) is 0 Å². The van der Waals surface area contributed by atoms with Crippen LogP contribution >= 0.6 is 0 Å². The lowest BCUT2D eigenvalue weighted by atomic mass is 9.85. The third-order valence-electron chi connectivity index (χ3n) is 3.69. The molecule has 1 aliphatic rings. The molecule has 0 aromatic rings. The van der Waals surface area contributed by atoms with Crippen molar-refractivity contribution >= 4 is 0 Å². The molecule has 0 aromatic heterocycles. The minimum atomic E-state index is 1.09. The van der Waals surface area contributed by atoms with Crippen molar-refractivity contribution in [3.05, 3.63) is 0 Å². The van der Waals surface area contributed by atoms with Crippen LogP contribution in [0.3, 0.4) is 0 Å². The topological polar surface area (TPSA) is 3.24 Å². The summed E-state index contributed by atoms with van der Waals surface area (Å²) in [5.74, 6) is 1.09. The lowest BCUT2D eigenvalue weighted by Gasteiger charge is -2.21. The summed E-state index contributed by atoms with van der Waals surface area (Å²) in [6.45, 7) is 1.27. The average Bonchev–Trinajstić information content (AvgIpc) is 2.24. The molecule has 1 saturated carbocycles. The third kappa shape index (κ3) is 6.94. The number of rotatable bonds is 7. The molecule has 0 heterocycles. The molecule has 0 radical (unpaired) electrons. The van der Waals surface area contributed by atoms with Crippen LogP contribution in [0.5, 0.6) is 0 Å². The van der Waals surface area contributed by atoms with Crippen LogP contribution in [-0.2, 0) is 0 Å². The molecule has 0 aliphatic heterocycles. The van der Waals surface area contributed by atoms with E-state index in [2.05, 4.69) is 19.0 Å². The van der Waals surface area contributed by atoms with Crippen LogP contribution in [0.4, 0.5) is 0 Å². The van der Waals surface area contributed by atoms with E-state index in [0.717, 1.165) is 5.92 Å². The Morgan fingerprint density at radius 1 is 0.867 bits per heavy atom. The first kappa shape index (κ1) is 13.0. The molecule has 0 spiro atoms. The predicted molar refractivity (Wildman–Crippen MR) is 68.2 cm³/mol. The summed E-state index contributed by atoms with van der Waals surface area (Å²) in [7, 11) is 4.34. The van der Waals surface area contributed by atoms with Gasteiger partial charge < -0.3 is 4.90 Å². The first-order chi connectivity index (χ1) is 7.29. The van der Waals surface area contributed by atoms with Gasteiger partial charge in [0.25, 0.3) is 0 Å². The van der Waals surface area contributed by atoms with Gasteiger partial charge in [0.2, 0.25) is 0 Å². The lowest BCUT2D eigenvalue weighted by molar-refractivity contribution is 0.325. The van der Waals surface area contributed by atoms with Crippen LogP contribution in [0, 0.1) is 5.92 Å². The molecule has 0 aromatic carbocycles. The Balaban J connectivity index is 1.83. The second kappa shape index (κ2) is 8.15. The summed E-state index contributed by atoms with van der Waals surface area (Å²) in [5, 5.41) is 0.